The van der Waals surface area contributed by atoms with Gasteiger partial charge in [-0.05, 0) is 79.5 Å². The Kier molecular flexibility index (Phi) is 6.05. The van der Waals surface area contributed by atoms with Crippen LogP contribution in [0.25, 0.3) is 0 Å². The number of nitrogens with zero attached hydrogens (tertiary/aromatic N) is 2. The van der Waals surface area contributed by atoms with E-state index in [-0.39, 0.29) is 18.6 Å². The summed E-state index contributed by atoms with van der Waals surface area (Å²) in [6.07, 6.45) is 5.34. The average molecular weight is 471 g/mol. The molecule has 1 saturated heterocycles. The second-order valence-corrected chi connectivity index (χ2v) is 11.1. The second kappa shape index (κ2) is 8.99. The van der Waals surface area contributed by atoms with Crippen molar-refractivity contribution in [1.82, 2.24) is 9.21 Å². The molecule has 0 N–H and O–H groups in total. The Hall–Kier alpha value is -2.58. The monoisotopic (exact) mass is 470 g/mol. The van der Waals surface area contributed by atoms with E-state index in [2.05, 4.69) is 0 Å². The molecule has 7 nitrogen and oxygen atoms in total. The van der Waals surface area contributed by atoms with Crippen molar-refractivity contribution in [3.05, 3.63) is 53.1 Å². The Morgan fingerprint density at radius 1 is 1.00 bits per heavy atom. The number of ether oxygens (including phenoxy) is 2. The van der Waals surface area contributed by atoms with E-state index in [0.29, 0.717) is 43.1 Å². The largest absolute Gasteiger partial charge is 0.454 e. The zero-order chi connectivity index (χ0) is 23.0. The van der Waals surface area contributed by atoms with Crippen LogP contribution in [0.15, 0.2) is 41.3 Å². The normalized spacial score (nSPS) is 18.7. The Labute approximate surface area is 195 Å². The minimum atomic E-state index is -3.54. The SMILES string of the molecule is CN(Cc1ccc2c(c1)OCO2)C(=O)C1CCN(S(=O)(=O)c2ccc3c(c2)CCCC3)CC1. The lowest BCUT2D eigenvalue weighted by Crippen LogP contribution is -2.43. The predicted octanol–water partition coefficient (Wildman–Crippen LogP) is 3.35. The maximum absolute atomic E-state index is 13.2. The van der Waals surface area contributed by atoms with Crippen LogP contribution in [0.5, 0.6) is 11.5 Å². The van der Waals surface area contributed by atoms with Crippen molar-refractivity contribution in [2.24, 2.45) is 5.92 Å². The van der Waals surface area contributed by atoms with Gasteiger partial charge in [-0.2, -0.15) is 4.31 Å². The van der Waals surface area contributed by atoms with Crippen molar-refractivity contribution in [2.45, 2.75) is 50.0 Å². The summed E-state index contributed by atoms with van der Waals surface area (Å²) in [6.45, 7) is 1.44. The van der Waals surface area contributed by atoms with Gasteiger partial charge in [0.1, 0.15) is 0 Å². The molecule has 2 aromatic carbocycles. The molecule has 176 valence electrons. The van der Waals surface area contributed by atoms with Crippen molar-refractivity contribution < 1.29 is 22.7 Å². The van der Waals surface area contributed by atoms with Gasteiger partial charge in [0.2, 0.25) is 22.7 Å². The Morgan fingerprint density at radius 3 is 2.52 bits per heavy atom. The number of amides is 1. The van der Waals surface area contributed by atoms with Gasteiger partial charge in [0.25, 0.3) is 0 Å². The van der Waals surface area contributed by atoms with E-state index in [4.69, 9.17) is 9.47 Å². The lowest BCUT2D eigenvalue weighted by Gasteiger charge is -2.32. The van der Waals surface area contributed by atoms with Crippen LogP contribution in [0.3, 0.4) is 0 Å². The molecule has 1 amide bonds. The number of carbonyl (C=O) groups excluding carboxylic acids is 1. The molecule has 0 bridgehead atoms. The number of rotatable bonds is 5. The van der Waals surface area contributed by atoms with Gasteiger partial charge in [0.05, 0.1) is 4.90 Å². The van der Waals surface area contributed by atoms with Gasteiger partial charge in [0.15, 0.2) is 11.5 Å². The Morgan fingerprint density at radius 2 is 1.73 bits per heavy atom. The molecule has 3 aliphatic rings. The predicted molar refractivity (Wildman–Crippen MR) is 124 cm³/mol. The van der Waals surface area contributed by atoms with Gasteiger partial charge >= 0.3 is 0 Å². The van der Waals surface area contributed by atoms with Crippen molar-refractivity contribution in [3.8, 4) is 11.5 Å². The number of hydrogen-bond acceptors (Lipinski definition) is 5. The van der Waals surface area contributed by atoms with E-state index < -0.39 is 10.0 Å². The zero-order valence-corrected chi connectivity index (χ0v) is 19.8. The minimum absolute atomic E-state index is 0.0542. The number of sulfonamides is 1. The fourth-order valence-corrected chi connectivity index (χ4v) is 6.59. The van der Waals surface area contributed by atoms with Crippen molar-refractivity contribution in [1.29, 1.82) is 0 Å². The van der Waals surface area contributed by atoms with Gasteiger partial charge in [0, 0.05) is 32.6 Å². The number of benzene rings is 2. The molecule has 0 atom stereocenters. The van der Waals surface area contributed by atoms with E-state index in [9.17, 15) is 13.2 Å². The van der Waals surface area contributed by atoms with Crippen LogP contribution in [-0.4, -0.2) is 50.5 Å². The molecule has 2 aliphatic heterocycles. The summed E-state index contributed by atoms with van der Waals surface area (Å²) in [5.74, 6) is 1.31. The summed E-state index contributed by atoms with van der Waals surface area (Å²) in [7, 11) is -1.74. The molecule has 33 heavy (non-hydrogen) atoms. The molecule has 0 saturated carbocycles. The Bertz CT molecular complexity index is 1160. The van der Waals surface area contributed by atoms with E-state index >= 15 is 0 Å². The highest BCUT2D eigenvalue weighted by Crippen LogP contribution is 2.33. The lowest BCUT2D eigenvalue weighted by atomic mass is 9.92. The fourth-order valence-electron chi connectivity index (χ4n) is 5.07. The van der Waals surface area contributed by atoms with Crippen molar-refractivity contribution in [3.63, 3.8) is 0 Å². The number of fused-ring (bicyclic) bond motifs is 2. The molecule has 0 radical (unpaired) electrons. The van der Waals surface area contributed by atoms with Crippen molar-refractivity contribution >= 4 is 15.9 Å². The molecule has 1 aliphatic carbocycles. The molecular weight excluding hydrogens is 440 g/mol. The van der Waals surface area contributed by atoms with Gasteiger partial charge in [-0.25, -0.2) is 8.42 Å². The van der Waals surface area contributed by atoms with E-state index in [1.165, 1.54) is 12.0 Å². The highest BCUT2D eigenvalue weighted by molar-refractivity contribution is 7.89. The van der Waals surface area contributed by atoms with Crippen LogP contribution in [0.1, 0.15) is 42.4 Å². The van der Waals surface area contributed by atoms with Crippen molar-refractivity contribution in [2.75, 3.05) is 26.9 Å². The van der Waals surface area contributed by atoms with Crippen LogP contribution >= 0.6 is 0 Å². The summed E-state index contributed by atoms with van der Waals surface area (Å²) >= 11 is 0. The van der Waals surface area contributed by atoms with Gasteiger partial charge in [-0.3, -0.25) is 4.79 Å². The third kappa shape index (κ3) is 4.46. The van der Waals surface area contributed by atoms with Gasteiger partial charge in [-0.15, -0.1) is 0 Å². The molecule has 0 spiro atoms. The summed E-state index contributed by atoms with van der Waals surface area (Å²) in [6, 6.07) is 11.3. The Balaban J connectivity index is 1.20. The molecule has 0 aromatic heterocycles. The molecule has 5 rings (SSSR count). The molecule has 8 heteroatoms. The number of piperidine rings is 1. The molecule has 0 unspecified atom stereocenters. The van der Waals surface area contributed by atoms with Gasteiger partial charge in [-0.1, -0.05) is 12.1 Å². The first-order valence-electron chi connectivity index (χ1n) is 11.7. The number of carbonyl (C=O) groups is 1. The molecule has 1 fully saturated rings. The van der Waals surface area contributed by atoms with E-state index in [1.807, 2.05) is 30.3 Å². The molecule has 2 heterocycles. The third-order valence-corrected chi connectivity index (χ3v) is 8.89. The summed E-state index contributed by atoms with van der Waals surface area (Å²) in [5.41, 5.74) is 3.41. The smallest absolute Gasteiger partial charge is 0.243 e. The summed E-state index contributed by atoms with van der Waals surface area (Å²) in [5, 5.41) is 0. The van der Waals surface area contributed by atoms with Crippen LogP contribution in [-0.2, 0) is 34.2 Å². The maximum Gasteiger partial charge on any atom is 0.243 e. The maximum atomic E-state index is 13.2. The number of aryl methyl sites for hydroxylation is 2. The van der Waals surface area contributed by atoms with Crippen LogP contribution < -0.4 is 9.47 Å². The summed E-state index contributed by atoms with van der Waals surface area (Å²) in [4.78, 5) is 15.1. The first kappa shape index (κ1) is 22.2. The van der Waals surface area contributed by atoms with E-state index in [0.717, 1.165) is 36.1 Å². The molecular formula is C25H30N2O5S. The van der Waals surface area contributed by atoms with E-state index in [1.54, 1.807) is 22.3 Å². The lowest BCUT2D eigenvalue weighted by molar-refractivity contribution is -0.135. The first-order valence-corrected chi connectivity index (χ1v) is 13.1. The third-order valence-electron chi connectivity index (χ3n) is 6.99. The first-order chi connectivity index (χ1) is 15.9. The zero-order valence-electron chi connectivity index (χ0n) is 19.0. The topological polar surface area (TPSA) is 76.2 Å². The minimum Gasteiger partial charge on any atom is -0.454 e. The average Bonchev–Trinajstić information content (AvgIpc) is 3.31. The van der Waals surface area contributed by atoms with Crippen LogP contribution in [0, 0.1) is 5.92 Å². The van der Waals surface area contributed by atoms with Gasteiger partial charge < -0.3 is 14.4 Å². The summed E-state index contributed by atoms with van der Waals surface area (Å²) < 4.78 is 38.8. The second-order valence-electron chi connectivity index (χ2n) is 9.20. The van der Waals surface area contributed by atoms with Crippen LogP contribution in [0.2, 0.25) is 0 Å². The molecule has 2 aromatic rings. The fraction of sp³-hybridized carbons (Fsp3) is 0.480. The highest BCUT2D eigenvalue weighted by atomic mass is 32.2. The highest BCUT2D eigenvalue weighted by Gasteiger charge is 2.33. The quantitative estimate of drug-likeness (QED) is 0.670. The standard InChI is InChI=1S/C25H30N2O5S/c1-26(16-18-6-9-23-24(14-18)32-17-31-23)25(28)20-10-12-27(13-11-20)33(29,30)22-8-7-19-4-2-3-5-21(19)15-22/h6-9,14-15,20H,2-5,10-13,16-17H2,1H3. The number of hydrogen-bond donors (Lipinski definition) is 0. The van der Waals surface area contributed by atoms with Crippen LogP contribution in [0.4, 0.5) is 0 Å².